The monoisotopic (exact) mass is 292 g/mol. The van der Waals surface area contributed by atoms with Gasteiger partial charge in [-0.1, -0.05) is 0 Å². The van der Waals surface area contributed by atoms with Crippen molar-refractivity contribution in [1.82, 2.24) is 4.98 Å². The van der Waals surface area contributed by atoms with Gasteiger partial charge >= 0.3 is 5.97 Å². The lowest BCUT2D eigenvalue weighted by Crippen LogP contribution is -2.04. The van der Waals surface area contributed by atoms with E-state index in [1.54, 1.807) is 29.5 Å². The first-order valence-corrected chi connectivity index (χ1v) is 6.86. The van der Waals surface area contributed by atoms with Crippen LogP contribution in [-0.2, 0) is 11.3 Å². The number of benzene rings is 1. The maximum atomic E-state index is 11.4. The molecule has 2 aromatic rings. The highest BCUT2D eigenvalue weighted by atomic mass is 32.1. The van der Waals surface area contributed by atoms with Gasteiger partial charge in [0, 0.05) is 4.88 Å². The number of nitrogen functional groups attached to an aromatic ring is 1. The molecular formula is C14H16N2O3S. The number of aryl methyl sites for hydroxylation is 2. The number of methoxy groups -OCH3 is 1. The molecule has 0 bridgehead atoms. The van der Waals surface area contributed by atoms with Crippen LogP contribution in [0.1, 0.15) is 25.9 Å². The Hall–Kier alpha value is -2.08. The number of hydrogen-bond donors (Lipinski definition) is 1. The molecule has 0 fully saturated rings. The molecule has 0 radical (unpaired) electrons. The smallest absolute Gasteiger partial charge is 0.337 e. The second-order valence-electron chi connectivity index (χ2n) is 4.28. The molecule has 0 saturated carbocycles. The largest absolute Gasteiger partial charge is 0.484 e. The lowest BCUT2D eigenvalue weighted by Gasteiger charge is -2.08. The first kappa shape index (κ1) is 14.3. The minimum absolute atomic E-state index is 0.362. The van der Waals surface area contributed by atoms with Gasteiger partial charge < -0.3 is 15.2 Å². The maximum Gasteiger partial charge on any atom is 0.337 e. The number of carbonyl (C=O) groups excluding carboxylic acids is 1. The Labute approximate surface area is 121 Å². The fourth-order valence-corrected chi connectivity index (χ4v) is 2.51. The van der Waals surface area contributed by atoms with Crippen molar-refractivity contribution in [2.75, 3.05) is 12.8 Å². The molecule has 1 aromatic carbocycles. The highest BCUT2D eigenvalue weighted by Crippen LogP contribution is 2.25. The first-order chi connectivity index (χ1) is 9.51. The predicted molar refractivity (Wildman–Crippen MR) is 78.1 cm³/mol. The summed E-state index contributed by atoms with van der Waals surface area (Å²) >= 11 is 1.60. The van der Waals surface area contributed by atoms with Crippen LogP contribution in [0.25, 0.3) is 0 Å². The fourth-order valence-electron chi connectivity index (χ4n) is 1.67. The van der Waals surface area contributed by atoms with E-state index in [0.717, 1.165) is 10.7 Å². The normalized spacial score (nSPS) is 10.3. The van der Waals surface area contributed by atoms with E-state index in [4.69, 9.17) is 10.5 Å². The zero-order valence-electron chi connectivity index (χ0n) is 11.6. The average molecular weight is 292 g/mol. The second-order valence-corrected chi connectivity index (χ2v) is 5.57. The molecule has 1 aromatic heterocycles. The topological polar surface area (TPSA) is 74.4 Å². The number of nitrogens with two attached hydrogens (primary N) is 1. The van der Waals surface area contributed by atoms with Crippen LogP contribution in [0.5, 0.6) is 5.75 Å². The molecule has 5 nitrogen and oxygen atoms in total. The van der Waals surface area contributed by atoms with Crippen molar-refractivity contribution < 1.29 is 14.3 Å². The van der Waals surface area contributed by atoms with E-state index in [0.29, 0.717) is 23.6 Å². The molecule has 20 heavy (non-hydrogen) atoms. The van der Waals surface area contributed by atoms with Crippen LogP contribution in [0.4, 0.5) is 5.69 Å². The maximum absolute atomic E-state index is 11.4. The molecule has 0 aliphatic rings. The lowest BCUT2D eigenvalue weighted by atomic mass is 10.2. The summed E-state index contributed by atoms with van der Waals surface area (Å²) in [5.41, 5.74) is 7.68. The van der Waals surface area contributed by atoms with Gasteiger partial charge in [-0.15, -0.1) is 11.3 Å². The van der Waals surface area contributed by atoms with Gasteiger partial charge in [0.1, 0.15) is 17.4 Å². The third-order valence-electron chi connectivity index (χ3n) is 2.85. The van der Waals surface area contributed by atoms with E-state index < -0.39 is 5.97 Å². The number of ether oxygens (including phenoxy) is 2. The summed E-state index contributed by atoms with van der Waals surface area (Å²) in [6.45, 7) is 4.35. The van der Waals surface area contributed by atoms with E-state index in [9.17, 15) is 4.79 Å². The zero-order chi connectivity index (χ0) is 14.7. The number of esters is 1. The molecular weight excluding hydrogens is 276 g/mol. The summed E-state index contributed by atoms with van der Waals surface area (Å²) in [5, 5.41) is 0.899. The Bertz CT molecular complexity index is 618. The van der Waals surface area contributed by atoms with Gasteiger partial charge in [-0.3, -0.25) is 0 Å². The number of thiazole rings is 1. The van der Waals surface area contributed by atoms with Crippen molar-refractivity contribution >= 4 is 23.0 Å². The van der Waals surface area contributed by atoms with E-state index in [1.807, 2.05) is 13.8 Å². The summed E-state index contributed by atoms with van der Waals surface area (Å²) in [7, 11) is 1.33. The Morgan fingerprint density at radius 3 is 2.70 bits per heavy atom. The summed E-state index contributed by atoms with van der Waals surface area (Å²) in [6, 6.07) is 4.82. The number of anilines is 1. The SMILES string of the molecule is COC(=O)c1ccc(OCc2nc(C)c(C)s2)c(N)c1. The standard InChI is InChI=1S/C14H16N2O3S/c1-8-9(2)20-13(16-8)7-19-12-5-4-10(6-11(12)15)14(17)18-3/h4-6H,7,15H2,1-3H3. The highest BCUT2D eigenvalue weighted by molar-refractivity contribution is 7.11. The molecule has 0 atom stereocenters. The van der Waals surface area contributed by atoms with E-state index in [1.165, 1.54) is 12.0 Å². The number of hydrogen-bond acceptors (Lipinski definition) is 6. The van der Waals surface area contributed by atoms with Crippen LogP contribution < -0.4 is 10.5 Å². The van der Waals surface area contributed by atoms with Gasteiger partial charge in [-0.05, 0) is 32.0 Å². The Morgan fingerprint density at radius 2 is 2.15 bits per heavy atom. The van der Waals surface area contributed by atoms with Gasteiger partial charge in [-0.25, -0.2) is 9.78 Å². The molecule has 0 saturated heterocycles. The molecule has 0 amide bonds. The molecule has 0 aliphatic heterocycles. The molecule has 0 spiro atoms. The Kier molecular flexibility index (Phi) is 4.24. The van der Waals surface area contributed by atoms with E-state index >= 15 is 0 Å². The summed E-state index contributed by atoms with van der Waals surface area (Å²) in [5.74, 6) is 0.109. The number of carbonyl (C=O) groups is 1. The number of aromatic nitrogens is 1. The molecule has 0 aliphatic carbocycles. The molecule has 0 unspecified atom stereocenters. The van der Waals surface area contributed by atoms with Crippen molar-refractivity contribution in [2.24, 2.45) is 0 Å². The van der Waals surface area contributed by atoms with Gasteiger partial charge in [-0.2, -0.15) is 0 Å². The first-order valence-electron chi connectivity index (χ1n) is 6.05. The minimum atomic E-state index is -0.422. The van der Waals surface area contributed by atoms with Gasteiger partial charge in [0.2, 0.25) is 0 Å². The summed E-state index contributed by atoms with van der Waals surface area (Å²) in [6.07, 6.45) is 0. The predicted octanol–water partition coefficient (Wildman–Crippen LogP) is 2.71. The van der Waals surface area contributed by atoms with Crippen molar-refractivity contribution in [2.45, 2.75) is 20.5 Å². The summed E-state index contributed by atoms with van der Waals surface area (Å²) in [4.78, 5) is 16.9. The quantitative estimate of drug-likeness (QED) is 0.692. The van der Waals surface area contributed by atoms with E-state index in [-0.39, 0.29) is 0 Å². The van der Waals surface area contributed by atoms with Crippen LogP contribution >= 0.6 is 11.3 Å². The van der Waals surface area contributed by atoms with Gasteiger partial charge in [0.25, 0.3) is 0 Å². The molecule has 2 N–H and O–H groups in total. The molecule has 2 rings (SSSR count). The Balaban J connectivity index is 2.08. The van der Waals surface area contributed by atoms with Crippen LogP contribution in [0.3, 0.4) is 0 Å². The average Bonchev–Trinajstić information content (AvgIpc) is 2.75. The van der Waals surface area contributed by atoms with Crippen LogP contribution in [0, 0.1) is 13.8 Å². The molecule has 1 heterocycles. The fraction of sp³-hybridized carbons (Fsp3) is 0.286. The number of nitrogens with zero attached hydrogens (tertiary/aromatic N) is 1. The van der Waals surface area contributed by atoms with Gasteiger partial charge in [0.15, 0.2) is 0 Å². The van der Waals surface area contributed by atoms with Crippen molar-refractivity contribution in [3.8, 4) is 5.75 Å². The molecule has 106 valence electrons. The van der Waals surface area contributed by atoms with Crippen LogP contribution in [0.2, 0.25) is 0 Å². The highest BCUT2D eigenvalue weighted by Gasteiger charge is 2.10. The van der Waals surface area contributed by atoms with Crippen molar-refractivity contribution in [1.29, 1.82) is 0 Å². The minimum Gasteiger partial charge on any atom is -0.484 e. The van der Waals surface area contributed by atoms with E-state index in [2.05, 4.69) is 9.72 Å². The summed E-state index contributed by atoms with van der Waals surface area (Å²) < 4.78 is 10.3. The third-order valence-corrected chi connectivity index (χ3v) is 3.90. The van der Waals surface area contributed by atoms with Crippen molar-refractivity contribution in [3.63, 3.8) is 0 Å². The van der Waals surface area contributed by atoms with Crippen molar-refractivity contribution in [3.05, 3.63) is 39.3 Å². The van der Waals surface area contributed by atoms with Gasteiger partial charge in [0.05, 0.1) is 24.1 Å². The van der Waals surface area contributed by atoms with Crippen LogP contribution in [-0.4, -0.2) is 18.1 Å². The zero-order valence-corrected chi connectivity index (χ0v) is 12.4. The molecule has 6 heteroatoms. The Morgan fingerprint density at radius 1 is 1.40 bits per heavy atom. The van der Waals surface area contributed by atoms with Crippen LogP contribution in [0.15, 0.2) is 18.2 Å². The lowest BCUT2D eigenvalue weighted by molar-refractivity contribution is 0.0600. The third kappa shape index (κ3) is 3.08. The number of rotatable bonds is 4. The second kappa shape index (κ2) is 5.92.